The Morgan fingerprint density at radius 3 is 2.57 bits per heavy atom. The van der Waals surface area contributed by atoms with Crippen LogP contribution in [0.4, 0.5) is 10.5 Å². The molecule has 5 rings (SSSR count). The van der Waals surface area contributed by atoms with E-state index < -0.39 is 0 Å². The van der Waals surface area contributed by atoms with Gasteiger partial charge in [0.05, 0.1) is 32.5 Å². The second-order valence-electron chi connectivity index (χ2n) is 8.47. The number of ether oxygens (including phenoxy) is 2. The Balaban J connectivity index is 1.65. The van der Waals surface area contributed by atoms with Crippen LogP contribution >= 0.6 is 11.6 Å². The lowest BCUT2D eigenvalue weighted by Crippen LogP contribution is -2.38. The van der Waals surface area contributed by atoms with Crippen LogP contribution in [-0.2, 0) is 6.54 Å². The van der Waals surface area contributed by atoms with Crippen LogP contribution in [0, 0.1) is 6.92 Å². The third-order valence-electron chi connectivity index (χ3n) is 6.39. The number of carbonyl (C=O) groups is 1. The summed E-state index contributed by atoms with van der Waals surface area (Å²) in [4.78, 5) is 15.7. The molecule has 7 heteroatoms. The van der Waals surface area contributed by atoms with E-state index in [1.165, 1.54) is 0 Å². The molecule has 1 aliphatic rings. The Kier molecular flexibility index (Phi) is 6.14. The Labute approximate surface area is 209 Å². The molecule has 6 nitrogen and oxygen atoms in total. The van der Waals surface area contributed by atoms with Crippen molar-refractivity contribution in [2.75, 3.05) is 19.5 Å². The standard InChI is InChI=1S/C28H26ClN3O3/c1-18-10-12-21(29)16-22(18)30-28(33)32-17-20-7-4-5-8-23(20)31-14-6-9-24(31)27(32)19-11-13-25(34-2)26(15-19)35-3/h4-16,27H,17H2,1-3H3,(H,30,33)/t27-/m1/s1. The fraction of sp³-hybridized carbons (Fsp3) is 0.179. The quantitative estimate of drug-likeness (QED) is 0.353. The zero-order valence-corrected chi connectivity index (χ0v) is 20.5. The van der Waals surface area contributed by atoms with E-state index in [0.29, 0.717) is 28.8 Å². The smallest absolute Gasteiger partial charge is 0.322 e. The number of carbonyl (C=O) groups excluding carboxylic acids is 1. The topological polar surface area (TPSA) is 55.7 Å². The number of rotatable bonds is 4. The zero-order valence-electron chi connectivity index (χ0n) is 19.8. The molecule has 0 radical (unpaired) electrons. The van der Waals surface area contributed by atoms with Gasteiger partial charge in [-0.05, 0) is 66.1 Å². The number of methoxy groups -OCH3 is 2. The number of anilines is 1. The van der Waals surface area contributed by atoms with Gasteiger partial charge in [-0.25, -0.2) is 4.79 Å². The predicted octanol–water partition coefficient (Wildman–Crippen LogP) is 6.59. The first kappa shape index (κ1) is 22.9. The number of urea groups is 1. The van der Waals surface area contributed by atoms with Crippen molar-refractivity contribution < 1.29 is 14.3 Å². The summed E-state index contributed by atoms with van der Waals surface area (Å²) in [6.07, 6.45) is 2.03. The molecule has 0 bridgehead atoms. The van der Waals surface area contributed by atoms with Crippen molar-refractivity contribution in [2.24, 2.45) is 0 Å². The van der Waals surface area contributed by atoms with Crippen molar-refractivity contribution in [3.05, 3.63) is 106 Å². The molecular formula is C28H26ClN3O3. The Morgan fingerprint density at radius 2 is 1.77 bits per heavy atom. The maximum absolute atomic E-state index is 13.9. The molecule has 4 aromatic rings. The summed E-state index contributed by atoms with van der Waals surface area (Å²) in [5, 5.41) is 3.66. The number of hydrogen-bond donors (Lipinski definition) is 1. The number of aromatic nitrogens is 1. The van der Waals surface area contributed by atoms with Crippen molar-refractivity contribution in [2.45, 2.75) is 19.5 Å². The monoisotopic (exact) mass is 487 g/mol. The molecule has 2 heterocycles. The largest absolute Gasteiger partial charge is 0.493 e. The van der Waals surface area contributed by atoms with Crippen molar-refractivity contribution in [1.82, 2.24) is 9.47 Å². The van der Waals surface area contributed by atoms with Gasteiger partial charge in [0, 0.05) is 22.6 Å². The summed E-state index contributed by atoms with van der Waals surface area (Å²) >= 11 is 6.22. The van der Waals surface area contributed by atoms with Crippen LogP contribution in [0.15, 0.2) is 79.0 Å². The Morgan fingerprint density at radius 1 is 0.971 bits per heavy atom. The maximum atomic E-state index is 13.9. The van der Waals surface area contributed by atoms with Crippen molar-refractivity contribution in [1.29, 1.82) is 0 Å². The highest BCUT2D eigenvalue weighted by atomic mass is 35.5. The van der Waals surface area contributed by atoms with Crippen molar-refractivity contribution in [3.8, 4) is 17.2 Å². The highest BCUT2D eigenvalue weighted by Gasteiger charge is 2.33. The van der Waals surface area contributed by atoms with E-state index in [1.54, 1.807) is 20.3 Å². The lowest BCUT2D eigenvalue weighted by Gasteiger charge is -2.31. The number of benzene rings is 3. The minimum atomic E-state index is -0.378. The number of hydrogen-bond acceptors (Lipinski definition) is 3. The molecule has 1 N–H and O–H groups in total. The van der Waals surface area contributed by atoms with Gasteiger partial charge in [0.25, 0.3) is 0 Å². The van der Waals surface area contributed by atoms with E-state index in [0.717, 1.165) is 28.1 Å². The summed E-state index contributed by atoms with van der Waals surface area (Å²) in [6.45, 7) is 2.36. The molecule has 3 aromatic carbocycles. The van der Waals surface area contributed by atoms with Gasteiger partial charge in [0.2, 0.25) is 0 Å². The number of amides is 2. The average molecular weight is 488 g/mol. The van der Waals surface area contributed by atoms with E-state index in [2.05, 4.69) is 22.0 Å². The summed E-state index contributed by atoms with van der Waals surface area (Å²) in [5.74, 6) is 1.24. The van der Waals surface area contributed by atoms with Crippen LogP contribution < -0.4 is 14.8 Å². The number of halogens is 1. The fourth-order valence-corrected chi connectivity index (χ4v) is 4.80. The lowest BCUT2D eigenvalue weighted by molar-refractivity contribution is 0.194. The highest BCUT2D eigenvalue weighted by Crippen LogP contribution is 2.40. The average Bonchev–Trinajstić information content (AvgIpc) is 3.30. The number of nitrogens with zero attached hydrogens (tertiary/aromatic N) is 2. The molecule has 0 fully saturated rings. The first-order valence-corrected chi connectivity index (χ1v) is 11.7. The lowest BCUT2D eigenvalue weighted by atomic mass is 10.0. The van der Waals surface area contributed by atoms with Crippen LogP contribution in [0.1, 0.15) is 28.4 Å². The highest BCUT2D eigenvalue weighted by molar-refractivity contribution is 6.31. The summed E-state index contributed by atoms with van der Waals surface area (Å²) in [7, 11) is 3.22. The first-order chi connectivity index (χ1) is 17.0. The second kappa shape index (κ2) is 9.39. The first-order valence-electron chi connectivity index (χ1n) is 11.3. The molecular weight excluding hydrogens is 462 g/mol. The number of para-hydroxylation sites is 1. The number of nitrogens with one attached hydrogen (secondary N) is 1. The van der Waals surface area contributed by atoms with Crippen molar-refractivity contribution in [3.63, 3.8) is 0 Å². The van der Waals surface area contributed by atoms with Gasteiger partial charge < -0.3 is 24.3 Å². The molecule has 2 amide bonds. The zero-order chi connectivity index (χ0) is 24.5. The van der Waals surface area contributed by atoms with Gasteiger partial charge in [0.15, 0.2) is 11.5 Å². The molecule has 0 spiro atoms. The molecule has 1 atom stereocenters. The third kappa shape index (κ3) is 4.21. The van der Waals surface area contributed by atoms with E-state index in [1.807, 2.05) is 72.6 Å². The molecule has 0 aliphatic carbocycles. The SMILES string of the molecule is COc1ccc([C@@H]2c3cccn3-c3ccccc3CN2C(=O)Nc2cc(Cl)ccc2C)cc1OC. The van der Waals surface area contributed by atoms with Crippen LogP contribution in [0.5, 0.6) is 11.5 Å². The van der Waals surface area contributed by atoms with Crippen LogP contribution in [-0.4, -0.2) is 29.7 Å². The van der Waals surface area contributed by atoms with E-state index >= 15 is 0 Å². The molecule has 0 saturated heterocycles. The fourth-order valence-electron chi connectivity index (χ4n) is 4.63. The van der Waals surface area contributed by atoms with E-state index in [4.69, 9.17) is 21.1 Å². The van der Waals surface area contributed by atoms with E-state index in [9.17, 15) is 4.79 Å². The number of fused-ring (bicyclic) bond motifs is 3. The van der Waals surface area contributed by atoms with Gasteiger partial charge in [-0.1, -0.05) is 41.9 Å². The van der Waals surface area contributed by atoms with Crippen LogP contribution in [0.3, 0.4) is 0 Å². The Bertz CT molecular complexity index is 1400. The minimum Gasteiger partial charge on any atom is -0.493 e. The van der Waals surface area contributed by atoms with Crippen molar-refractivity contribution >= 4 is 23.3 Å². The summed E-state index contributed by atoms with van der Waals surface area (Å²) < 4.78 is 13.2. The molecule has 35 heavy (non-hydrogen) atoms. The molecule has 178 valence electrons. The summed E-state index contributed by atoms with van der Waals surface area (Å²) in [5.41, 5.74) is 5.59. The van der Waals surface area contributed by atoms with Crippen LogP contribution in [0.2, 0.25) is 5.02 Å². The van der Waals surface area contributed by atoms with Gasteiger partial charge in [-0.2, -0.15) is 0 Å². The molecule has 0 unspecified atom stereocenters. The molecule has 1 aliphatic heterocycles. The third-order valence-corrected chi connectivity index (χ3v) is 6.62. The van der Waals surface area contributed by atoms with Gasteiger partial charge in [-0.15, -0.1) is 0 Å². The second-order valence-corrected chi connectivity index (χ2v) is 8.90. The van der Waals surface area contributed by atoms with Gasteiger partial charge in [-0.3, -0.25) is 0 Å². The maximum Gasteiger partial charge on any atom is 0.322 e. The molecule has 0 saturated carbocycles. The van der Waals surface area contributed by atoms with Gasteiger partial charge in [0.1, 0.15) is 0 Å². The van der Waals surface area contributed by atoms with E-state index in [-0.39, 0.29) is 12.1 Å². The minimum absolute atomic E-state index is 0.223. The van der Waals surface area contributed by atoms with Crippen LogP contribution in [0.25, 0.3) is 5.69 Å². The van der Waals surface area contributed by atoms with Gasteiger partial charge >= 0.3 is 6.03 Å². The number of aryl methyl sites for hydroxylation is 1. The Hall–Kier alpha value is -3.90. The normalized spacial score (nSPS) is 14.5. The predicted molar refractivity (Wildman–Crippen MR) is 138 cm³/mol. The summed E-state index contributed by atoms with van der Waals surface area (Å²) in [6, 6.07) is 22.9. The molecule has 1 aromatic heterocycles.